The van der Waals surface area contributed by atoms with E-state index in [2.05, 4.69) is 37.6 Å². The van der Waals surface area contributed by atoms with Crippen LogP contribution in [0.2, 0.25) is 0 Å². The first-order chi connectivity index (χ1) is 7.52. The molecular formula is C14H19NO. The van der Waals surface area contributed by atoms with Crippen molar-refractivity contribution < 1.29 is 5.11 Å². The summed E-state index contributed by atoms with van der Waals surface area (Å²) in [5.41, 5.74) is 3.45. The van der Waals surface area contributed by atoms with E-state index in [1.807, 2.05) is 19.1 Å². The maximum Gasteiger partial charge on any atom is 0.0782 e. The molecular weight excluding hydrogens is 198 g/mol. The van der Waals surface area contributed by atoms with Gasteiger partial charge in [-0.3, -0.25) is 0 Å². The van der Waals surface area contributed by atoms with Crippen LogP contribution in [0.5, 0.6) is 0 Å². The van der Waals surface area contributed by atoms with E-state index in [0.717, 1.165) is 5.56 Å². The molecule has 1 aromatic carbocycles. The molecule has 2 rings (SSSR count). The van der Waals surface area contributed by atoms with Crippen molar-refractivity contribution >= 4 is 10.9 Å². The van der Waals surface area contributed by atoms with E-state index in [1.165, 1.54) is 16.5 Å². The first-order valence-electron chi connectivity index (χ1n) is 5.80. The number of aliphatic hydroxyl groups excluding tert-OH is 1. The van der Waals surface area contributed by atoms with Crippen LogP contribution >= 0.6 is 0 Å². The van der Waals surface area contributed by atoms with Crippen molar-refractivity contribution in [2.75, 3.05) is 0 Å². The molecule has 0 aliphatic heterocycles. The molecule has 0 spiro atoms. The number of rotatable bonds is 2. The van der Waals surface area contributed by atoms with Crippen molar-refractivity contribution in [1.29, 1.82) is 0 Å². The first-order valence-corrected chi connectivity index (χ1v) is 5.80. The smallest absolute Gasteiger partial charge is 0.0782 e. The molecule has 2 nitrogen and oxygen atoms in total. The van der Waals surface area contributed by atoms with Gasteiger partial charge in [0.1, 0.15) is 0 Å². The van der Waals surface area contributed by atoms with Gasteiger partial charge in [-0.25, -0.2) is 0 Å². The number of fused-ring (bicyclic) bond motifs is 1. The molecule has 0 fully saturated rings. The summed E-state index contributed by atoms with van der Waals surface area (Å²) in [6.45, 7) is 8.27. The molecule has 0 aliphatic carbocycles. The fraction of sp³-hybridized carbons (Fsp3) is 0.429. The van der Waals surface area contributed by atoms with Gasteiger partial charge in [-0.15, -0.1) is 0 Å². The quantitative estimate of drug-likeness (QED) is 0.817. The Bertz CT molecular complexity index is 509. The highest BCUT2D eigenvalue weighted by atomic mass is 16.3. The van der Waals surface area contributed by atoms with Gasteiger partial charge in [0, 0.05) is 23.2 Å². The van der Waals surface area contributed by atoms with E-state index < -0.39 is 6.10 Å². The second-order valence-corrected chi connectivity index (χ2v) is 4.73. The largest absolute Gasteiger partial charge is 0.389 e. The maximum absolute atomic E-state index is 9.82. The zero-order valence-electron chi connectivity index (χ0n) is 10.4. The number of para-hydroxylation sites is 1. The van der Waals surface area contributed by atoms with Crippen molar-refractivity contribution in [3.63, 3.8) is 0 Å². The Hall–Kier alpha value is -1.28. The second kappa shape index (κ2) is 3.95. The number of aromatic nitrogens is 1. The summed E-state index contributed by atoms with van der Waals surface area (Å²) >= 11 is 0. The van der Waals surface area contributed by atoms with Gasteiger partial charge < -0.3 is 9.67 Å². The van der Waals surface area contributed by atoms with Crippen LogP contribution in [0.1, 0.15) is 44.0 Å². The number of aryl methyl sites for hydroxylation is 1. The highest BCUT2D eigenvalue weighted by molar-refractivity contribution is 5.87. The molecule has 0 amide bonds. The molecule has 1 atom stereocenters. The number of hydrogen-bond donors (Lipinski definition) is 1. The van der Waals surface area contributed by atoms with Crippen LogP contribution in [0, 0.1) is 6.92 Å². The van der Waals surface area contributed by atoms with Crippen LogP contribution in [-0.2, 0) is 0 Å². The summed E-state index contributed by atoms with van der Waals surface area (Å²) in [5, 5.41) is 11.1. The number of nitrogens with zero attached hydrogens (tertiary/aromatic N) is 1. The standard InChI is InChI=1S/C14H19NO/c1-9(2)15-8-10(3)12-6-5-7-13(11(4)16)14(12)15/h5-9,11,16H,1-4H3. The third-order valence-electron chi connectivity index (χ3n) is 3.09. The lowest BCUT2D eigenvalue weighted by Gasteiger charge is -2.14. The number of benzene rings is 1. The minimum Gasteiger partial charge on any atom is -0.389 e. The van der Waals surface area contributed by atoms with E-state index >= 15 is 0 Å². The SMILES string of the molecule is Cc1cn(C(C)C)c2c(C(C)O)cccc12. The minimum absolute atomic E-state index is 0.413. The summed E-state index contributed by atoms with van der Waals surface area (Å²) in [7, 11) is 0. The Labute approximate surface area is 96.5 Å². The molecule has 86 valence electrons. The average molecular weight is 217 g/mol. The van der Waals surface area contributed by atoms with Gasteiger partial charge in [0.15, 0.2) is 0 Å². The summed E-state index contributed by atoms with van der Waals surface area (Å²) in [6.07, 6.45) is 1.75. The Morgan fingerprint density at radius 1 is 1.19 bits per heavy atom. The van der Waals surface area contributed by atoms with Gasteiger partial charge in [-0.2, -0.15) is 0 Å². The van der Waals surface area contributed by atoms with Gasteiger partial charge in [0.25, 0.3) is 0 Å². The van der Waals surface area contributed by atoms with Crippen molar-refractivity contribution in [1.82, 2.24) is 4.57 Å². The molecule has 0 bridgehead atoms. The Morgan fingerprint density at radius 3 is 2.44 bits per heavy atom. The lowest BCUT2D eigenvalue weighted by molar-refractivity contribution is 0.200. The number of aliphatic hydroxyl groups is 1. The van der Waals surface area contributed by atoms with E-state index in [-0.39, 0.29) is 0 Å². The third kappa shape index (κ3) is 1.63. The van der Waals surface area contributed by atoms with Crippen molar-refractivity contribution in [3.8, 4) is 0 Å². The second-order valence-electron chi connectivity index (χ2n) is 4.73. The van der Waals surface area contributed by atoms with E-state index in [0.29, 0.717) is 6.04 Å². The predicted octanol–water partition coefficient (Wildman–Crippen LogP) is 3.58. The molecule has 0 saturated carbocycles. The Kier molecular flexibility index (Phi) is 2.76. The van der Waals surface area contributed by atoms with Crippen LogP contribution in [-0.4, -0.2) is 9.67 Å². The van der Waals surface area contributed by atoms with E-state index in [1.54, 1.807) is 0 Å². The van der Waals surface area contributed by atoms with E-state index in [9.17, 15) is 5.11 Å². The molecule has 1 aromatic heterocycles. The van der Waals surface area contributed by atoms with Crippen LogP contribution in [0.4, 0.5) is 0 Å². The summed E-state index contributed by atoms with van der Waals surface area (Å²) in [6, 6.07) is 6.55. The summed E-state index contributed by atoms with van der Waals surface area (Å²) in [4.78, 5) is 0. The van der Waals surface area contributed by atoms with Crippen molar-refractivity contribution in [2.45, 2.75) is 39.8 Å². The lowest BCUT2D eigenvalue weighted by Crippen LogP contribution is -2.02. The lowest BCUT2D eigenvalue weighted by atomic mass is 10.1. The molecule has 2 aromatic rings. The molecule has 1 N–H and O–H groups in total. The van der Waals surface area contributed by atoms with Gasteiger partial charge in [-0.1, -0.05) is 18.2 Å². The molecule has 16 heavy (non-hydrogen) atoms. The predicted molar refractivity (Wildman–Crippen MR) is 67.7 cm³/mol. The van der Waals surface area contributed by atoms with Crippen molar-refractivity contribution in [2.24, 2.45) is 0 Å². The van der Waals surface area contributed by atoms with Gasteiger partial charge in [-0.05, 0) is 33.3 Å². The van der Waals surface area contributed by atoms with Gasteiger partial charge in [0.2, 0.25) is 0 Å². The van der Waals surface area contributed by atoms with Crippen molar-refractivity contribution in [3.05, 3.63) is 35.5 Å². The van der Waals surface area contributed by atoms with Gasteiger partial charge >= 0.3 is 0 Å². The van der Waals surface area contributed by atoms with Crippen LogP contribution in [0.3, 0.4) is 0 Å². The Balaban J connectivity index is 2.83. The summed E-state index contributed by atoms with van der Waals surface area (Å²) in [5.74, 6) is 0. The minimum atomic E-state index is -0.421. The molecule has 0 aliphatic rings. The van der Waals surface area contributed by atoms with Crippen LogP contribution < -0.4 is 0 Å². The normalized spacial score (nSPS) is 13.6. The maximum atomic E-state index is 9.82. The Morgan fingerprint density at radius 2 is 1.88 bits per heavy atom. The highest BCUT2D eigenvalue weighted by Gasteiger charge is 2.14. The molecule has 2 heteroatoms. The van der Waals surface area contributed by atoms with Crippen LogP contribution in [0.25, 0.3) is 10.9 Å². The topological polar surface area (TPSA) is 25.2 Å². The molecule has 1 unspecified atom stereocenters. The zero-order valence-corrected chi connectivity index (χ0v) is 10.4. The molecule has 1 heterocycles. The van der Waals surface area contributed by atoms with Crippen LogP contribution in [0.15, 0.2) is 24.4 Å². The third-order valence-corrected chi connectivity index (χ3v) is 3.09. The summed E-state index contributed by atoms with van der Waals surface area (Å²) < 4.78 is 2.24. The molecule has 0 saturated heterocycles. The monoisotopic (exact) mass is 217 g/mol. The highest BCUT2D eigenvalue weighted by Crippen LogP contribution is 2.30. The van der Waals surface area contributed by atoms with Gasteiger partial charge in [0.05, 0.1) is 11.6 Å². The molecule has 0 radical (unpaired) electrons. The number of hydrogen-bond acceptors (Lipinski definition) is 1. The zero-order chi connectivity index (χ0) is 11.9. The average Bonchev–Trinajstić information content (AvgIpc) is 2.56. The fourth-order valence-electron chi connectivity index (χ4n) is 2.25. The van der Waals surface area contributed by atoms with E-state index in [4.69, 9.17) is 0 Å². The fourth-order valence-corrected chi connectivity index (χ4v) is 2.25. The first kappa shape index (κ1) is 11.2.